The van der Waals surface area contributed by atoms with E-state index in [4.69, 9.17) is 11.6 Å². The van der Waals surface area contributed by atoms with Crippen LogP contribution < -0.4 is 5.32 Å². The number of benzene rings is 1. The fourth-order valence-corrected chi connectivity index (χ4v) is 2.72. The third-order valence-corrected chi connectivity index (χ3v) is 3.80. The topological polar surface area (TPSA) is 32.3 Å². The molecule has 1 saturated heterocycles. The Morgan fingerprint density at radius 2 is 2.28 bits per heavy atom. The van der Waals surface area contributed by atoms with Crippen LogP contribution >= 0.6 is 11.6 Å². The van der Waals surface area contributed by atoms with Crippen LogP contribution in [0.5, 0.6) is 0 Å². The summed E-state index contributed by atoms with van der Waals surface area (Å²) >= 11 is 6.09. The van der Waals surface area contributed by atoms with Gasteiger partial charge in [-0.05, 0) is 45.0 Å². The van der Waals surface area contributed by atoms with Gasteiger partial charge in [-0.15, -0.1) is 0 Å². The van der Waals surface area contributed by atoms with E-state index in [1.165, 1.54) is 0 Å². The predicted molar refractivity (Wildman–Crippen MR) is 74.1 cm³/mol. The molecule has 1 N–H and O–H groups in total. The molecule has 1 atom stereocenters. The molecule has 3 nitrogen and oxygen atoms in total. The van der Waals surface area contributed by atoms with Crippen molar-refractivity contribution in [3.63, 3.8) is 0 Å². The van der Waals surface area contributed by atoms with E-state index in [2.05, 4.69) is 5.32 Å². The zero-order chi connectivity index (χ0) is 13.0. The maximum Gasteiger partial charge on any atom is 0.255 e. The van der Waals surface area contributed by atoms with Crippen LogP contribution in [-0.4, -0.2) is 37.0 Å². The molecule has 1 aromatic carbocycles. The summed E-state index contributed by atoms with van der Waals surface area (Å²) in [6.07, 6.45) is 3.19. The first-order chi connectivity index (χ1) is 8.74. The van der Waals surface area contributed by atoms with Crippen molar-refractivity contribution in [3.8, 4) is 0 Å². The molecule has 0 spiro atoms. The zero-order valence-electron chi connectivity index (χ0n) is 10.7. The van der Waals surface area contributed by atoms with Gasteiger partial charge >= 0.3 is 0 Å². The molecule has 98 valence electrons. The molecule has 1 amide bonds. The van der Waals surface area contributed by atoms with E-state index in [1.54, 1.807) is 12.1 Å². The van der Waals surface area contributed by atoms with Crippen molar-refractivity contribution in [1.82, 2.24) is 10.2 Å². The monoisotopic (exact) mass is 266 g/mol. The van der Waals surface area contributed by atoms with E-state index in [0.29, 0.717) is 16.6 Å². The summed E-state index contributed by atoms with van der Waals surface area (Å²) in [6, 6.07) is 7.63. The molecule has 1 aliphatic heterocycles. The Labute approximate surface area is 113 Å². The number of likely N-dealkylation sites (tertiary alicyclic amines) is 1. The first-order valence-corrected chi connectivity index (χ1v) is 6.82. The van der Waals surface area contributed by atoms with Crippen molar-refractivity contribution in [2.45, 2.75) is 25.3 Å². The minimum atomic E-state index is 0.0687. The Morgan fingerprint density at radius 1 is 1.50 bits per heavy atom. The summed E-state index contributed by atoms with van der Waals surface area (Å²) in [6.45, 7) is 1.79. The lowest BCUT2D eigenvalue weighted by Crippen LogP contribution is -2.37. The van der Waals surface area contributed by atoms with Crippen LogP contribution in [0.2, 0.25) is 5.02 Å². The smallest absolute Gasteiger partial charge is 0.255 e. The first kappa shape index (κ1) is 13.4. The summed E-state index contributed by atoms with van der Waals surface area (Å²) in [5.74, 6) is 0.0687. The molecule has 1 aliphatic rings. The highest BCUT2D eigenvalue weighted by atomic mass is 35.5. The van der Waals surface area contributed by atoms with Crippen LogP contribution in [0.1, 0.15) is 29.6 Å². The van der Waals surface area contributed by atoms with Crippen molar-refractivity contribution in [2.24, 2.45) is 0 Å². The Balaban J connectivity index is 2.10. The van der Waals surface area contributed by atoms with Gasteiger partial charge in [-0.1, -0.05) is 23.7 Å². The van der Waals surface area contributed by atoms with Crippen LogP contribution in [-0.2, 0) is 0 Å². The standard InChI is InChI=1S/C14H19ClN2O/c1-16-9-8-11-5-4-10-17(11)14(18)12-6-2-3-7-13(12)15/h2-3,6-7,11,16H,4-5,8-10H2,1H3. The maximum atomic E-state index is 12.5. The zero-order valence-corrected chi connectivity index (χ0v) is 11.4. The number of rotatable bonds is 4. The predicted octanol–water partition coefficient (Wildman–Crippen LogP) is 2.55. The second-order valence-corrected chi connectivity index (χ2v) is 5.07. The number of carbonyl (C=O) groups excluding carboxylic acids is 1. The number of amides is 1. The number of carbonyl (C=O) groups is 1. The van der Waals surface area contributed by atoms with Crippen molar-refractivity contribution in [3.05, 3.63) is 34.9 Å². The Bertz CT molecular complexity index is 422. The molecule has 4 heteroatoms. The van der Waals surface area contributed by atoms with Gasteiger partial charge in [-0.3, -0.25) is 4.79 Å². The van der Waals surface area contributed by atoms with Gasteiger partial charge in [0.05, 0.1) is 10.6 Å². The minimum absolute atomic E-state index is 0.0687. The van der Waals surface area contributed by atoms with Crippen molar-refractivity contribution < 1.29 is 4.79 Å². The van der Waals surface area contributed by atoms with Gasteiger partial charge in [0.25, 0.3) is 5.91 Å². The van der Waals surface area contributed by atoms with Crippen LogP contribution in [0.3, 0.4) is 0 Å². The average molecular weight is 267 g/mol. The lowest BCUT2D eigenvalue weighted by Gasteiger charge is -2.25. The molecule has 0 aromatic heterocycles. The van der Waals surface area contributed by atoms with Crippen LogP contribution in [0, 0.1) is 0 Å². The van der Waals surface area contributed by atoms with Gasteiger partial charge in [0.2, 0.25) is 0 Å². The van der Waals surface area contributed by atoms with Gasteiger partial charge in [-0.25, -0.2) is 0 Å². The molecule has 0 radical (unpaired) electrons. The fourth-order valence-electron chi connectivity index (χ4n) is 2.50. The molecule has 1 aromatic rings. The summed E-state index contributed by atoms with van der Waals surface area (Å²) < 4.78 is 0. The summed E-state index contributed by atoms with van der Waals surface area (Å²) in [4.78, 5) is 14.4. The number of halogens is 1. The van der Waals surface area contributed by atoms with Gasteiger partial charge in [0.1, 0.15) is 0 Å². The maximum absolute atomic E-state index is 12.5. The van der Waals surface area contributed by atoms with Crippen LogP contribution in [0.4, 0.5) is 0 Å². The number of nitrogens with one attached hydrogen (secondary N) is 1. The second-order valence-electron chi connectivity index (χ2n) is 4.67. The lowest BCUT2D eigenvalue weighted by molar-refractivity contribution is 0.0731. The molecule has 1 fully saturated rings. The average Bonchev–Trinajstić information content (AvgIpc) is 2.84. The summed E-state index contributed by atoms with van der Waals surface area (Å²) in [7, 11) is 1.94. The summed E-state index contributed by atoms with van der Waals surface area (Å²) in [5, 5.41) is 3.68. The largest absolute Gasteiger partial charge is 0.336 e. The Kier molecular flexibility index (Phi) is 4.61. The third-order valence-electron chi connectivity index (χ3n) is 3.47. The van der Waals surface area contributed by atoms with Crippen LogP contribution in [0.15, 0.2) is 24.3 Å². The number of hydrogen-bond acceptors (Lipinski definition) is 2. The first-order valence-electron chi connectivity index (χ1n) is 6.44. The molecule has 1 unspecified atom stereocenters. The van der Waals surface area contributed by atoms with Crippen molar-refractivity contribution in [2.75, 3.05) is 20.1 Å². The normalized spacial score (nSPS) is 19.2. The molecule has 2 rings (SSSR count). The number of hydrogen-bond donors (Lipinski definition) is 1. The minimum Gasteiger partial charge on any atom is -0.336 e. The molecule has 0 aliphatic carbocycles. The van der Waals surface area contributed by atoms with Crippen molar-refractivity contribution >= 4 is 17.5 Å². The molecule has 1 heterocycles. The molecule has 0 saturated carbocycles. The van der Waals surface area contributed by atoms with Crippen LogP contribution in [0.25, 0.3) is 0 Å². The quantitative estimate of drug-likeness (QED) is 0.908. The molecule has 0 bridgehead atoms. The van der Waals surface area contributed by atoms with Gasteiger partial charge in [0.15, 0.2) is 0 Å². The van der Waals surface area contributed by atoms with Gasteiger partial charge < -0.3 is 10.2 Å². The van der Waals surface area contributed by atoms with Gasteiger partial charge in [0, 0.05) is 12.6 Å². The second kappa shape index (κ2) is 6.21. The highest BCUT2D eigenvalue weighted by Gasteiger charge is 2.29. The molecular formula is C14H19ClN2O. The van der Waals surface area contributed by atoms with E-state index in [1.807, 2.05) is 24.1 Å². The third kappa shape index (κ3) is 2.85. The van der Waals surface area contributed by atoms with Crippen molar-refractivity contribution in [1.29, 1.82) is 0 Å². The van der Waals surface area contributed by atoms with E-state index in [0.717, 1.165) is 32.4 Å². The summed E-state index contributed by atoms with van der Waals surface area (Å²) in [5.41, 5.74) is 0.621. The lowest BCUT2D eigenvalue weighted by atomic mass is 10.1. The SMILES string of the molecule is CNCCC1CCCN1C(=O)c1ccccc1Cl. The molecule has 18 heavy (non-hydrogen) atoms. The molecular weight excluding hydrogens is 248 g/mol. The van der Waals surface area contributed by atoms with E-state index < -0.39 is 0 Å². The highest BCUT2D eigenvalue weighted by Crippen LogP contribution is 2.25. The van der Waals surface area contributed by atoms with E-state index in [-0.39, 0.29) is 5.91 Å². The van der Waals surface area contributed by atoms with Gasteiger partial charge in [-0.2, -0.15) is 0 Å². The Hall–Kier alpha value is -1.06. The van der Waals surface area contributed by atoms with E-state index in [9.17, 15) is 4.79 Å². The Morgan fingerprint density at radius 3 is 3.00 bits per heavy atom. The van der Waals surface area contributed by atoms with E-state index >= 15 is 0 Å². The number of nitrogens with zero attached hydrogens (tertiary/aromatic N) is 1. The highest BCUT2D eigenvalue weighted by molar-refractivity contribution is 6.33. The fraction of sp³-hybridized carbons (Fsp3) is 0.500.